The molecule has 0 amide bonds. The first-order chi connectivity index (χ1) is 26.6. The van der Waals surface area contributed by atoms with E-state index in [9.17, 15) is 9.83 Å². The molecule has 1 aromatic carbocycles. The third-order valence-electron chi connectivity index (χ3n) is 9.75. The van der Waals surface area contributed by atoms with Gasteiger partial charge < -0.3 is 29.0 Å². The van der Waals surface area contributed by atoms with E-state index >= 15 is 0 Å². The number of benzene rings is 1. The van der Waals surface area contributed by atoms with E-state index in [1.54, 1.807) is 50.2 Å². The summed E-state index contributed by atoms with van der Waals surface area (Å²) in [6.07, 6.45) is 20.0. The smallest absolute Gasteiger partial charge is 0.462 e. The molecule has 2 aliphatic rings. The van der Waals surface area contributed by atoms with Crippen molar-refractivity contribution in [2.45, 2.75) is 141 Å². The molecule has 5 rings (SSSR count). The number of ether oxygens (including phenoxy) is 3. The summed E-state index contributed by atoms with van der Waals surface area (Å²) >= 11 is 8.21. The van der Waals surface area contributed by atoms with E-state index in [2.05, 4.69) is 23.1 Å². The minimum atomic E-state index is -4.31. The van der Waals surface area contributed by atoms with Crippen LogP contribution in [0.2, 0.25) is 5.02 Å². The standard InChI is InChI=1S/C40H57ClN5O7PS/c1-4-5-6-7-8-9-10-11-12-13-14-15-16-19-26-55-27-20-25-48-54(47,53-33-22-18-17-21-31(33)41)49-28-34-36-37(52-39(2,3)51-36)40(29-42,50-34)35-24-23-32-38(43)44-30-45-46(32)35/h17-18,21-24,28,30,36-37H,4-16,19-20,25-27H2,1-3H3,(H2,43,44,45)/b34-28+/t36-,37-,40+,54?/m1/s1. The van der Waals surface area contributed by atoms with Crippen molar-refractivity contribution in [1.82, 2.24) is 14.6 Å². The van der Waals surface area contributed by atoms with Crippen LogP contribution >= 0.6 is 31.2 Å². The van der Waals surface area contributed by atoms with Crippen LogP contribution in [-0.4, -0.2) is 50.7 Å². The maximum absolute atomic E-state index is 14.2. The molecule has 0 radical (unpaired) electrons. The van der Waals surface area contributed by atoms with Gasteiger partial charge in [0.15, 0.2) is 35.3 Å². The van der Waals surface area contributed by atoms with Crippen LogP contribution in [-0.2, 0) is 33.4 Å². The highest BCUT2D eigenvalue weighted by Gasteiger charge is 2.65. The minimum Gasteiger partial charge on any atom is -0.462 e. The third kappa shape index (κ3) is 11.8. The van der Waals surface area contributed by atoms with Crippen LogP contribution in [0.4, 0.5) is 5.82 Å². The lowest BCUT2D eigenvalue weighted by molar-refractivity contribution is -0.178. The average Bonchev–Trinajstić information content (AvgIpc) is 3.83. The first-order valence-corrected chi connectivity index (χ1v) is 22.8. The number of phosphoric ester groups is 1. The van der Waals surface area contributed by atoms with Gasteiger partial charge in [-0.3, -0.25) is 4.52 Å². The maximum atomic E-state index is 14.2. The molecule has 4 atom stereocenters. The Morgan fingerprint density at radius 3 is 2.29 bits per heavy atom. The Kier molecular flexibility index (Phi) is 16.5. The fourth-order valence-corrected chi connectivity index (χ4v) is 9.21. The lowest BCUT2D eigenvalue weighted by Gasteiger charge is -2.28. The van der Waals surface area contributed by atoms with Gasteiger partial charge >= 0.3 is 7.82 Å². The van der Waals surface area contributed by atoms with E-state index < -0.39 is 31.4 Å². The summed E-state index contributed by atoms with van der Waals surface area (Å²) in [6.45, 7) is 5.85. The largest absolute Gasteiger partial charge is 0.587 e. The average molecular weight is 818 g/mol. The summed E-state index contributed by atoms with van der Waals surface area (Å²) in [6, 6.07) is 12.3. The van der Waals surface area contributed by atoms with Gasteiger partial charge in [-0.2, -0.15) is 22.1 Å². The van der Waals surface area contributed by atoms with Crippen molar-refractivity contribution in [2.75, 3.05) is 23.8 Å². The number of anilines is 1. The molecular formula is C40H57ClN5O7PS. The van der Waals surface area contributed by atoms with Crippen LogP contribution in [0.15, 0.2) is 54.7 Å². The maximum Gasteiger partial charge on any atom is 0.587 e. The predicted octanol–water partition coefficient (Wildman–Crippen LogP) is 10.9. The van der Waals surface area contributed by atoms with Crippen molar-refractivity contribution in [3.8, 4) is 11.8 Å². The summed E-state index contributed by atoms with van der Waals surface area (Å²) in [7, 11) is -4.31. The quantitative estimate of drug-likeness (QED) is 0.0492. The van der Waals surface area contributed by atoms with Crippen molar-refractivity contribution < 1.29 is 32.3 Å². The second-order valence-corrected chi connectivity index (χ2v) is 17.8. The van der Waals surface area contributed by atoms with Gasteiger partial charge in [-0.25, -0.2) is 14.1 Å². The molecule has 2 fully saturated rings. The summed E-state index contributed by atoms with van der Waals surface area (Å²) in [5.41, 5.74) is 5.17. The second kappa shape index (κ2) is 21.0. The van der Waals surface area contributed by atoms with Gasteiger partial charge in [0.25, 0.3) is 5.60 Å². The Balaban J connectivity index is 1.11. The summed E-state index contributed by atoms with van der Waals surface area (Å²) < 4.78 is 51.8. The zero-order chi connectivity index (χ0) is 39.2. The third-order valence-corrected chi connectivity index (χ3v) is 12.5. The number of nitrogen functional groups attached to an aromatic ring is 1. The SMILES string of the molecule is CCCCCCCCCCCCCCCCSCCCOP(=O)(O/C=C1/O[C@@](C#N)(c2ccc3c(N)ncnn23)[C@@H]2OC(C)(C)O[C@H]12)Oc1ccccc1Cl. The predicted molar refractivity (Wildman–Crippen MR) is 217 cm³/mol. The number of thioether (sulfide) groups is 1. The fraction of sp³-hybridized carbons (Fsp3) is 0.625. The molecule has 15 heteroatoms. The number of fused-ring (bicyclic) bond motifs is 2. The van der Waals surface area contributed by atoms with Crippen molar-refractivity contribution in [3.63, 3.8) is 0 Å². The molecule has 2 aliphatic heterocycles. The molecule has 0 aliphatic carbocycles. The Labute approximate surface area is 335 Å². The number of nitrogens with two attached hydrogens (primary N) is 1. The van der Waals surface area contributed by atoms with Crippen molar-refractivity contribution in [3.05, 3.63) is 65.5 Å². The summed E-state index contributed by atoms with van der Waals surface area (Å²) in [5.74, 6) is 1.25. The molecule has 12 nitrogen and oxygen atoms in total. The number of phosphoric acid groups is 1. The lowest BCUT2D eigenvalue weighted by atomic mass is 9.93. The summed E-state index contributed by atoms with van der Waals surface area (Å²) in [5, 5.41) is 15.2. The van der Waals surface area contributed by atoms with Crippen LogP contribution in [0, 0.1) is 11.3 Å². The number of halogens is 1. The highest BCUT2D eigenvalue weighted by molar-refractivity contribution is 7.99. The van der Waals surface area contributed by atoms with Crippen LogP contribution in [0.1, 0.15) is 123 Å². The molecule has 0 bridgehead atoms. The zero-order valence-corrected chi connectivity index (χ0v) is 34.9. The molecule has 3 aromatic rings. The van der Waals surface area contributed by atoms with Gasteiger partial charge in [0.2, 0.25) is 0 Å². The van der Waals surface area contributed by atoms with Gasteiger partial charge in [0.05, 0.1) is 11.6 Å². The van der Waals surface area contributed by atoms with Gasteiger partial charge in [0, 0.05) is 0 Å². The van der Waals surface area contributed by atoms with E-state index in [4.69, 9.17) is 45.1 Å². The van der Waals surface area contributed by atoms with Crippen LogP contribution in [0.3, 0.4) is 0 Å². The second-order valence-electron chi connectivity index (χ2n) is 14.6. The Morgan fingerprint density at radius 1 is 0.964 bits per heavy atom. The molecule has 0 saturated carbocycles. The van der Waals surface area contributed by atoms with E-state index in [1.165, 1.54) is 101 Å². The topological polar surface area (TPSA) is 152 Å². The van der Waals surface area contributed by atoms with Crippen LogP contribution < -0.4 is 10.3 Å². The van der Waals surface area contributed by atoms with Gasteiger partial charge in [-0.05, 0) is 62.5 Å². The first kappa shape index (κ1) is 43.1. The molecule has 2 saturated heterocycles. The van der Waals surface area contributed by atoms with Crippen molar-refractivity contribution in [1.29, 1.82) is 5.26 Å². The van der Waals surface area contributed by atoms with Gasteiger partial charge in [-0.1, -0.05) is 114 Å². The van der Waals surface area contributed by atoms with Crippen molar-refractivity contribution in [2.24, 2.45) is 0 Å². The highest BCUT2D eigenvalue weighted by Crippen LogP contribution is 2.54. The number of hydrogen-bond acceptors (Lipinski definition) is 12. The Hall–Kier alpha value is -2.98. The monoisotopic (exact) mass is 817 g/mol. The molecular weight excluding hydrogens is 761 g/mol. The van der Waals surface area contributed by atoms with E-state index in [1.807, 2.05) is 11.8 Å². The molecule has 2 N–H and O–H groups in total. The molecule has 302 valence electrons. The van der Waals surface area contributed by atoms with Gasteiger partial charge in [-0.15, -0.1) is 0 Å². The molecule has 1 unspecified atom stereocenters. The lowest BCUT2D eigenvalue weighted by Crippen LogP contribution is -2.40. The van der Waals surface area contributed by atoms with E-state index in [0.29, 0.717) is 17.6 Å². The molecule has 0 spiro atoms. The van der Waals surface area contributed by atoms with E-state index in [-0.39, 0.29) is 29.0 Å². The number of aromatic nitrogens is 3. The molecule has 2 aromatic heterocycles. The van der Waals surface area contributed by atoms with Crippen molar-refractivity contribution >= 4 is 42.5 Å². The summed E-state index contributed by atoms with van der Waals surface area (Å²) in [4.78, 5) is 4.04. The molecule has 4 heterocycles. The Bertz CT molecular complexity index is 1790. The fourth-order valence-electron chi connectivity index (χ4n) is 6.91. The van der Waals surface area contributed by atoms with Gasteiger partial charge in [0.1, 0.15) is 29.9 Å². The number of para-hydroxylation sites is 1. The number of hydrogen-bond donors (Lipinski definition) is 1. The van der Waals surface area contributed by atoms with Crippen LogP contribution in [0.5, 0.6) is 5.75 Å². The van der Waals surface area contributed by atoms with Crippen LogP contribution in [0.25, 0.3) is 5.52 Å². The first-order valence-electron chi connectivity index (χ1n) is 19.8. The number of unbranched alkanes of at least 4 members (excludes halogenated alkanes) is 13. The van der Waals surface area contributed by atoms with E-state index in [0.717, 1.165) is 17.8 Å². The zero-order valence-electron chi connectivity index (χ0n) is 32.5. The number of rotatable bonds is 25. The number of nitriles is 1. The minimum absolute atomic E-state index is 0.0596. The molecule has 55 heavy (non-hydrogen) atoms. The Morgan fingerprint density at radius 2 is 1.62 bits per heavy atom. The number of nitrogens with zero attached hydrogens (tertiary/aromatic N) is 4. The highest BCUT2D eigenvalue weighted by atomic mass is 35.5. The normalized spacial score (nSPS) is 22.0.